The van der Waals surface area contributed by atoms with Crippen LogP contribution in [0.3, 0.4) is 0 Å². The monoisotopic (exact) mass is 594 g/mol. The fourth-order valence-electron chi connectivity index (χ4n) is 5.81. The number of amides is 2. The summed E-state index contributed by atoms with van der Waals surface area (Å²) in [5, 5.41) is 10.1. The molecule has 2 atom stereocenters. The SMILES string of the molecule is O=C(Nc1ccc(-c2nc(N3C[C@@H]4C[C@H]3CO4)c3cnn(CC(F)(F)F)c3n2)cc1)Nc1ccc(N2CCOCC2)cc1. The third kappa shape index (κ3) is 5.79. The fraction of sp³-hybridized carbons (Fsp3) is 0.379. The number of anilines is 4. The standard InChI is InChI=1S/C29H29F3N8O3/c30-29(31,32)17-40-27-24(14-33-40)26(39-15-23-13-22(39)16-43-23)36-25(37-27)18-1-3-19(4-2-18)34-28(41)35-20-5-7-21(8-6-20)38-9-11-42-12-10-38/h1-8,14,22-23H,9-13,15-17H2,(H2,34,35,41)/t22-,23-/m0/s1. The molecule has 0 saturated carbocycles. The Kier molecular flexibility index (Phi) is 7.01. The summed E-state index contributed by atoms with van der Waals surface area (Å²) in [6.07, 6.45) is -2.14. The first-order valence-electron chi connectivity index (χ1n) is 14.1. The van der Waals surface area contributed by atoms with Crippen molar-refractivity contribution in [3.63, 3.8) is 0 Å². The summed E-state index contributed by atoms with van der Waals surface area (Å²) in [6.45, 7) is 2.94. The van der Waals surface area contributed by atoms with Crippen molar-refractivity contribution in [1.82, 2.24) is 19.7 Å². The molecule has 11 nitrogen and oxygen atoms in total. The van der Waals surface area contributed by atoms with E-state index in [1.165, 1.54) is 6.20 Å². The number of halogens is 3. The Balaban J connectivity index is 1.09. The van der Waals surface area contributed by atoms with Crippen LogP contribution in [0.1, 0.15) is 6.42 Å². The Morgan fingerprint density at radius 3 is 2.30 bits per heavy atom. The quantitative estimate of drug-likeness (QED) is 0.336. The van der Waals surface area contributed by atoms with E-state index in [9.17, 15) is 18.0 Å². The normalized spacial score (nSPS) is 20.2. The highest BCUT2D eigenvalue weighted by Gasteiger charge is 2.41. The van der Waals surface area contributed by atoms with Gasteiger partial charge in [-0.05, 0) is 55.0 Å². The highest BCUT2D eigenvalue weighted by atomic mass is 19.4. The van der Waals surface area contributed by atoms with Crippen molar-refractivity contribution in [3.8, 4) is 11.4 Å². The lowest BCUT2D eigenvalue weighted by atomic mass is 10.2. The van der Waals surface area contributed by atoms with E-state index in [4.69, 9.17) is 14.5 Å². The molecule has 0 aliphatic carbocycles. The van der Waals surface area contributed by atoms with Crippen LogP contribution in [0.25, 0.3) is 22.4 Å². The number of nitrogens with one attached hydrogen (secondary N) is 2. The van der Waals surface area contributed by atoms with Crippen molar-refractivity contribution in [3.05, 3.63) is 54.7 Å². The molecule has 2 aromatic heterocycles. The molecule has 0 spiro atoms. The molecule has 3 saturated heterocycles. The van der Waals surface area contributed by atoms with E-state index in [0.29, 0.717) is 54.5 Å². The Hall–Kier alpha value is -4.43. The van der Waals surface area contributed by atoms with Gasteiger partial charge >= 0.3 is 12.2 Å². The molecule has 2 bridgehead atoms. The molecule has 43 heavy (non-hydrogen) atoms. The third-order valence-corrected chi connectivity index (χ3v) is 7.88. The van der Waals surface area contributed by atoms with Crippen LogP contribution >= 0.6 is 0 Å². The molecule has 0 radical (unpaired) electrons. The largest absolute Gasteiger partial charge is 0.408 e. The van der Waals surface area contributed by atoms with Crippen LogP contribution < -0.4 is 20.4 Å². The van der Waals surface area contributed by atoms with E-state index in [-0.39, 0.29) is 23.6 Å². The van der Waals surface area contributed by atoms with Crippen molar-refractivity contribution >= 4 is 39.9 Å². The number of aromatic nitrogens is 4. The third-order valence-electron chi connectivity index (χ3n) is 7.88. The highest BCUT2D eigenvalue weighted by Crippen LogP contribution is 2.36. The molecular weight excluding hydrogens is 565 g/mol. The average molecular weight is 595 g/mol. The topological polar surface area (TPSA) is 110 Å². The van der Waals surface area contributed by atoms with E-state index in [2.05, 4.69) is 30.5 Å². The number of nitrogens with zero attached hydrogens (tertiary/aromatic N) is 6. The Bertz CT molecular complexity index is 1620. The van der Waals surface area contributed by atoms with Crippen molar-refractivity contribution in [2.45, 2.75) is 31.3 Å². The second kappa shape index (κ2) is 11.0. The van der Waals surface area contributed by atoms with E-state index >= 15 is 0 Å². The first-order valence-corrected chi connectivity index (χ1v) is 14.1. The second-order valence-electron chi connectivity index (χ2n) is 10.8. The van der Waals surface area contributed by atoms with Gasteiger partial charge in [0, 0.05) is 42.3 Å². The van der Waals surface area contributed by atoms with Gasteiger partial charge < -0.3 is 29.9 Å². The minimum absolute atomic E-state index is 0.0721. The number of hydrogen-bond donors (Lipinski definition) is 2. The van der Waals surface area contributed by atoms with Gasteiger partial charge in [0.2, 0.25) is 0 Å². The summed E-state index contributed by atoms with van der Waals surface area (Å²) in [4.78, 5) is 26.2. The van der Waals surface area contributed by atoms with Gasteiger partial charge in [0.25, 0.3) is 0 Å². The zero-order chi connectivity index (χ0) is 29.6. The number of rotatable bonds is 6. The number of carbonyl (C=O) groups excluding carboxylic acids is 1. The Morgan fingerprint density at radius 1 is 0.977 bits per heavy atom. The zero-order valence-corrected chi connectivity index (χ0v) is 23.0. The summed E-state index contributed by atoms with van der Waals surface area (Å²) in [5.74, 6) is 0.817. The molecule has 2 amide bonds. The van der Waals surface area contributed by atoms with Gasteiger partial charge in [0.15, 0.2) is 11.5 Å². The van der Waals surface area contributed by atoms with Crippen molar-refractivity contribution in [1.29, 1.82) is 0 Å². The predicted octanol–water partition coefficient (Wildman–Crippen LogP) is 4.51. The number of morpholine rings is 2. The molecule has 3 aliphatic heterocycles. The number of ether oxygens (including phenoxy) is 2. The van der Waals surface area contributed by atoms with Crippen LogP contribution in [-0.2, 0) is 16.0 Å². The van der Waals surface area contributed by atoms with Crippen molar-refractivity contribution in [2.24, 2.45) is 0 Å². The van der Waals surface area contributed by atoms with Crippen LogP contribution in [0, 0.1) is 0 Å². The van der Waals surface area contributed by atoms with Crippen LogP contribution in [0.5, 0.6) is 0 Å². The van der Waals surface area contributed by atoms with Gasteiger partial charge in [0.1, 0.15) is 12.4 Å². The second-order valence-corrected chi connectivity index (χ2v) is 10.8. The molecule has 2 N–H and O–H groups in total. The molecule has 4 aromatic rings. The number of urea groups is 1. The van der Waals surface area contributed by atoms with Gasteiger partial charge in [-0.25, -0.2) is 19.4 Å². The first-order chi connectivity index (χ1) is 20.8. The highest BCUT2D eigenvalue weighted by molar-refractivity contribution is 6.00. The number of benzene rings is 2. The fourth-order valence-corrected chi connectivity index (χ4v) is 5.81. The Labute approximate surface area is 244 Å². The lowest BCUT2D eigenvalue weighted by molar-refractivity contribution is -0.141. The maximum Gasteiger partial charge on any atom is 0.408 e. The Morgan fingerprint density at radius 2 is 1.67 bits per heavy atom. The zero-order valence-electron chi connectivity index (χ0n) is 23.0. The summed E-state index contributed by atoms with van der Waals surface area (Å²) in [7, 11) is 0. The van der Waals surface area contributed by atoms with Crippen LogP contribution in [0.15, 0.2) is 54.7 Å². The summed E-state index contributed by atoms with van der Waals surface area (Å²) < 4.78 is 51.9. The molecule has 0 unspecified atom stereocenters. The van der Waals surface area contributed by atoms with E-state index in [0.717, 1.165) is 29.9 Å². The van der Waals surface area contributed by atoms with Gasteiger partial charge in [-0.15, -0.1) is 0 Å². The van der Waals surface area contributed by atoms with Gasteiger partial charge in [-0.1, -0.05) is 0 Å². The van der Waals surface area contributed by atoms with Gasteiger partial charge in [0.05, 0.1) is 43.5 Å². The summed E-state index contributed by atoms with van der Waals surface area (Å²) >= 11 is 0. The molecule has 14 heteroatoms. The molecule has 3 fully saturated rings. The average Bonchev–Trinajstić information content (AvgIpc) is 3.74. The predicted molar refractivity (Wildman–Crippen MR) is 154 cm³/mol. The molecule has 2 aromatic carbocycles. The minimum Gasteiger partial charge on any atom is -0.378 e. The molecule has 3 aliphatic rings. The number of hydrogen-bond acceptors (Lipinski definition) is 8. The maximum absolute atomic E-state index is 13.3. The minimum atomic E-state index is -4.45. The maximum atomic E-state index is 13.3. The van der Waals surface area contributed by atoms with Crippen LogP contribution in [0.4, 0.5) is 40.8 Å². The van der Waals surface area contributed by atoms with Crippen molar-refractivity contribution in [2.75, 3.05) is 59.9 Å². The molecule has 5 heterocycles. The van der Waals surface area contributed by atoms with Crippen LogP contribution in [0.2, 0.25) is 0 Å². The van der Waals surface area contributed by atoms with Crippen LogP contribution in [-0.4, -0.2) is 83.6 Å². The smallest absolute Gasteiger partial charge is 0.378 e. The molecule has 224 valence electrons. The number of carbonyl (C=O) groups is 1. The van der Waals surface area contributed by atoms with Crippen molar-refractivity contribution < 1.29 is 27.4 Å². The lowest BCUT2D eigenvalue weighted by Crippen LogP contribution is -2.37. The first kappa shape index (κ1) is 27.4. The summed E-state index contributed by atoms with van der Waals surface area (Å²) in [5.41, 5.74) is 2.95. The molecular formula is C29H29F3N8O3. The molecule has 7 rings (SSSR count). The lowest BCUT2D eigenvalue weighted by Gasteiger charge is -2.28. The van der Waals surface area contributed by atoms with Gasteiger partial charge in [-0.3, -0.25) is 0 Å². The number of fused-ring (bicyclic) bond motifs is 3. The van der Waals surface area contributed by atoms with E-state index in [1.807, 2.05) is 24.3 Å². The van der Waals surface area contributed by atoms with E-state index in [1.54, 1.807) is 24.3 Å². The number of alkyl halides is 3. The van der Waals surface area contributed by atoms with E-state index < -0.39 is 18.8 Å². The summed E-state index contributed by atoms with van der Waals surface area (Å²) in [6, 6.07) is 14.1. The van der Waals surface area contributed by atoms with Gasteiger partial charge in [-0.2, -0.15) is 18.3 Å².